The zero-order chi connectivity index (χ0) is 14.0. The van der Waals surface area contributed by atoms with Gasteiger partial charge in [-0.15, -0.1) is 13.2 Å². The Kier molecular flexibility index (Phi) is 3.61. The van der Waals surface area contributed by atoms with Crippen LogP contribution in [0.2, 0.25) is 0 Å². The van der Waals surface area contributed by atoms with E-state index in [2.05, 4.69) is 30.6 Å². The lowest BCUT2D eigenvalue weighted by Gasteiger charge is -2.08. The van der Waals surface area contributed by atoms with Crippen molar-refractivity contribution in [1.29, 1.82) is 0 Å². The molecule has 1 heterocycles. The van der Waals surface area contributed by atoms with Crippen LogP contribution in [-0.2, 0) is 0 Å². The highest BCUT2D eigenvalue weighted by atomic mass is 79.9. The number of H-pyrrole nitrogens is 1. The lowest BCUT2D eigenvalue weighted by Crippen LogP contribution is -2.16. The maximum absolute atomic E-state index is 12.0. The number of nitrogens with zero attached hydrogens (tertiary/aromatic N) is 1. The number of ether oxygens (including phenoxy) is 1. The van der Waals surface area contributed by atoms with Crippen LogP contribution in [0.5, 0.6) is 5.75 Å². The van der Waals surface area contributed by atoms with Gasteiger partial charge in [0, 0.05) is 5.56 Å². The van der Waals surface area contributed by atoms with Gasteiger partial charge in [-0.1, -0.05) is 0 Å². The van der Waals surface area contributed by atoms with Crippen LogP contribution < -0.4 is 4.74 Å². The molecule has 0 unspecified atom stereocenters. The van der Waals surface area contributed by atoms with E-state index in [4.69, 9.17) is 0 Å². The molecular weight excluding hydrogens is 329 g/mol. The molecule has 0 aliphatic heterocycles. The predicted octanol–water partition coefficient (Wildman–Crippen LogP) is 3.55. The molecule has 0 saturated heterocycles. The number of aldehydes is 1. The van der Waals surface area contributed by atoms with Crippen molar-refractivity contribution in [3.05, 3.63) is 34.7 Å². The van der Waals surface area contributed by atoms with Crippen molar-refractivity contribution in [1.82, 2.24) is 9.97 Å². The highest BCUT2D eigenvalue weighted by Crippen LogP contribution is 2.29. The van der Waals surface area contributed by atoms with Crippen molar-refractivity contribution < 1.29 is 22.7 Å². The van der Waals surface area contributed by atoms with Gasteiger partial charge in [0.15, 0.2) is 12.1 Å². The van der Waals surface area contributed by atoms with Crippen LogP contribution in [0.15, 0.2) is 28.9 Å². The fourth-order valence-electron chi connectivity index (χ4n) is 1.43. The molecule has 0 aliphatic carbocycles. The maximum atomic E-state index is 12.0. The van der Waals surface area contributed by atoms with Crippen LogP contribution in [0.25, 0.3) is 11.3 Å². The molecule has 1 aromatic carbocycles. The summed E-state index contributed by atoms with van der Waals surface area (Å²) in [4.78, 5) is 17.2. The second-order valence-electron chi connectivity index (χ2n) is 3.47. The zero-order valence-electron chi connectivity index (χ0n) is 9.16. The zero-order valence-corrected chi connectivity index (χ0v) is 10.7. The third kappa shape index (κ3) is 3.34. The number of hydrogen-bond acceptors (Lipinski definition) is 3. The number of rotatable bonds is 3. The maximum Gasteiger partial charge on any atom is 0.573 e. The monoisotopic (exact) mass is 334 g/mol. The molecule has 19 heavy (non-hydrogen) atoms. The van der Waals surface area contributed by atoms with E-state index in [1.54, 1.807) is 0 Å². The Labute approximate surface area is 113 Å². The standard InChI is InChI=1S/C11H6BrF3N2O2/c12-10-9(16-8(5-18)17-10)6-1-3-7(4-2-6)19-11(13,14)15/h1-5H,(H,16,17). The van der Waals surface area contributed by atoms with Crippen LogP contribution in [-0.4, -0.2) is 22.6 Å². The van der Waals surface area contributed by atoms with Crippen LogP contribution in [0.1, 0.15) is 10.6 Å². The number of benzene rings is 1. The van der Waals surface area contributed by atoms with E-state index in [9.17, 15) is 18.0 Å². The molecule has 2 rings (SSSR count). The van der Waals surface area contributed by atoms with Gasteiger partial charge in [-0.05, 0) is 40.2 Å². The highest BCUT2D eigenvalue weighted by molar-refractivity contribution is 9.10. The van der Waals surface area contributed by atoms with Gasteiger partial charge >= 0.3 is 6.36 Å². The predicted molar refractivity (Wildman–Crippen MR) is 63.8 cm³/mol. The molecule has 0 spiro atoms. The Hall–Kier alpha value is -1.83. The van der Waals surface area contributed by atoms with Gasteiger partial charge in [-0.2, -0.15) is 0 Å². The molecule has 8 heteroatoms. The minimum absolute atomic E-state index is 0.123. The van der Waals surface area contributed by atoms with E-state index in [0.717, 1.165) is 0 Å². The summed E-state index contributed by atoms with van der Waals surface area (Å²) in [5.74, 6) is -0.198. The number of carbonyl (C=O) groups is 1. The third-order valence-corrected chi connectivity index (χ3v) is 2.72. The van der Waals surface area contributed by atoms with Crippen molar-refractivity contribution in [2.75, 3.05) is 0 Å². The molecule has 100 valence electrons. The number of aromatic nitrogens is 2. The summed E-state index contributed by atoms with van der Waals surface area (Å²) in [6.45, 7) is 0. The Morgan fingerprint density at radius 3 is 2.37 bits per heavy atom. The van der Waals surface area contributed by atoms with Crippen LogP contribution in [0.4, 0.5) is 13.2 Å². The lowest BCUT2D eigenvalue weighted by atomic mass is 10.2. The molecule has 0 saturated carbocycles. The second kappa shape index (κ2) is 5.04. The average Bonchev–Trinajstić information content (AvgIpc) is 2.70. The van der Waals surface area contributed by atoms with Gasteiger partial charge < -0.3 is 9.72 Å². The lowest BCUT2D eigenvalue weighted by molar-refractivity contribution is -0.274. The van der Waals surface area contributed by atoms with Crippen molar-refractivity contribution in [2.45, 2.75) is 6.36 Å². The van der Waals surface area contributed by atoms with E-state index in [1.807, 2.05) is 0 Å². The fraction of sp³-hybridized carbons (Fsp3) is 0.0909. The smallest absolute Gasteiger partial charge is 0.406 e. The number of nitrogens with one attached hydrogen (secondary N) is 1. The Balaban J connectivity index is 2.27. The molecule has 0 atom stereocenters. The SMILES string of the molecule is O=Cc1nc(-c2ccc(OC(F)(F)F)cc2)c(Br)[nH]1. The third-order valence-electron chi connectivity index (χ3n) is 2.15. The molecule has 0 radical (unpaired) electrons. The van der Waals surface area contributed by atoms with E-state index >= 15 is 0 Å². The minimum Gasteiger partial charge on any atom is -0.406 e. The summed E-state index contributed by atoms with van der Waals surface area (Å²) in [5.41, 5.74) is 0.978. The van der Waals surface area contributed by atoms with Gasteiger partial charge in [0.2, 0.25) is 0 Å². The first kappa shape index (κ1) is 13.6. The van der Waals surface area contributed by atoms with Crippen LogP contribution in [0, 0.1) is 0 Å². The summed E-state index contributed by atoms with van der Waals surface area (Å²) < 4.78 is 40.2. The normalized spacial score (nSPS) is 11.4. The molecule has 4 nitrogen and oxygen atoms in total. The molecule has 0 amide bonds. The topological polar surface area (TPSA) is 55.0 Å². The van der Waals surface area contributed by atoms with E-state index < -0.39 is 6.36 Å². The number of halogens is 4. The van der Waals surface area contributed by atoms with Gasteiger partial charge in [0.1, 0.15) is 16.0 Å². The fourth-order valence-corrected chi connectivity index (χ4v) is 1.95. The number of aromatic amines is 1. The Bertz CT molecular complexity index is 593. The molecule has 1 N–H and O–H groups in total. The van der Waals surface area contributed by atoms with E-state index in [-0.39, 0.29) is 11.6 Å². The van der Waals surface area contributed by atoms with Gasteiger partial charge in [0.05, 0.1) is 0 Å². The minimum atomic E-state index is -4.72. The Morgan fingerprint density at radius 2 is 1.89 bits per heavy atom. The highest BCUT2D eigenvalue weighted by Gasteiger charge is 2.31. The molecular formula is C11H6BrF3N2O2. The first-order chi connectivity index (χ1) is 8.89. The summed E-state index contributed by atoms with van der Waals surface area (Å²) in [6, 6.07) is 5.17. The largest absolute Gasteiger partial charge is 0.573 e. The van der Waals surface area contributed by atoms with Crippen molar-refractivity contribution in [3.8, 4) is 17.0 Å². The van der Waals surface area contributed by atoms with Crippen molar-refractivity contribution in [3.63, 3.8) is 0 Å². The van der Waals surface area contributed by atoms with Crippen molar-refractivity contribution >= 4 is 22.2 Å². The first-order valence-corrected chi connectivity index (χ1v) is 5.75. The number of carbonyl (C=O) groups excluding carboxylic acids is 1. The molecule has 2 aromatic rings. The van der Waals surface area contributed by atoms with Crippen LogP contribution in [0.3, 0.4) is 0 Å². The summed E-state index contributed by atoms with van der Waals surface area (Å²) >= 11 is 3.17. The summed E-state index contributed by atoms with van der Waals surface area (Å²) in [7, 11) is 0. The number of alkyl halides is 3. The summed E-state index contributed by atoms with van der Waals surface area (Å²) in [5, 5.41) is 0. The molecule has 1 aromatic heterocycles. The summed E-state index contributed by atoms with van der Waals surface area (Å²) in [6.07, 6.45) is -4.19. The number of hydrogen-bond donors (Lipinski definition) is 1. The van der Waals surface area contributed by atoms with E-state index in [1.165, 1.54) is 24.3 Å². The van der Waals surface area contributed by atoms with Gasteiger partial charge in [-0.3, -0.25) is 4.79 Å². The van der Waals surface area contributed by atoms with E-state index in [0.29, 0.717) is 22.1 Å². The van der Waals surface area contributed by atoms with Gasteiger partial charge in [0.25, 0.3) is 0 Å². The number of imidazole rings is 1. The quantitative estimate of drug-likeness (QED) is 0.873. The van der Waals surface area contributed by atoms with Crippen molar-refractivity contribution in [2.24, 2.45) is 0 Å². The van der Waals surface area contributed by atoms with Crippen LogP contribution >= 0.6 is 15.9 Å². The first-order valence-electron chi connectivity index (χ1n) is 4.96. The molecule has 0 bridgehead atoms. The second-order valence-corrected chi connectivity index (χ2v) is 4.27. The van der Waals surface area contributed by atoms with Gasteiger partial charge in [-0.25, -0.2) is 4.98 Å². The average molecular weight is 335 g/mol. The molecule has 0 aliphatic rings. The Morgan fingerprint density at radius 1 is 1.26 bits per heavy atom. The molecule has 0 fully saturated rings.